The molecule has 2 aliphatic carbocycles. The largest absolute Gasteiger partial charge is 0.462 e. The van der Waals surface area contributed by atoms with E-state index in [2.05, 4.69) is 0 Å². The minimum atomic E-state index is -1.82. The molecule has 2 N–H and O–H groups in total. The second-order valence-electron chi connectivity index (χ2n) is 10.3. The highest BCUT2D eigenvalue weighted by atomic mass is 16.7. The van der Waals surface area contributed by atoms with Crippen LogP contribution in [0.25, 0.3) is 0 Å². The van der Waals surface area contributed by atoms with Gasteiger partial charge in [0.1, 0.15) is 18.3 Å². The molecule has 9 heteroatoms. The average Bonchev–Trinajstić information content (AvgIpc) is 3.28. The van der Waals surface area contributed by atoms with Gasteiger partial charge in [0.15, 0.2) is 17.3 Å². The maximum absolute atomic E-state index is 12.8. The molecule has 9 atom stereocenters. The van der Waals surface area contributed by atoms with Crippen LogP contribution in [-0.4, -0.2) is 69.3 Å². The number of allylic oxidation sites excluding steroid dienone is 1. The number of carbonyl (C=O) groups excluding carboxylic acids is 3. The van der Waals surface area contributed by atoms with Crippen molar-refractivity contribution < 1.29 is 43.5 Å². The number of epoxide rings is 1. The van der Waals surface area contributed by atoms with Crippen molar-refractivity contribution in [2.75, 3.05) is 0 Å². The van der Waals surface area contributed by atoms with E-state index in [-0.39, 0.29) is 0 Å². The number of carbonyl (C=O) groups is 3. The molecule has 0 saturated carbocycles. The van der Waals surface area contributed by atoms with E-state index in [1.807, 2.05) is 6.92 Å². The molecule has 0 aromatic heterocycles. The molecule has 0 radical (unpaired) electrons. The van der Waals surface area contributed by atoms with Crippen LogP contribution in [0.2, 0.25) is 0 Å². The molecule has 0 aromatic rings. The van der Waals surface area contributed by atoms with Crippen molar-refractivity contribution >= 4 is 17.9 Å². The number of esters is 3. The molecule has 2 fully saturated rings. The molecule has 2 aliphatic heterocycles. The molecule has 2 saturated heterocycles. The van der Waals surface area contributed by atoms with E-state index in [0.29, 0.717) is 12.8 Å². The lowest BCUT2D eigenvalue weighted by Gasteiger charge is -2.54. The van der Waals surface area contributed by atoms with E-state index >= 15 is 0 Å². The molecule has 182 valence electrons. The highest BCUT2D eigenvalue weighted by molar-refractivity contribution is 5.89. The van der Waals surface area contributed by atoms with Crippen molar-refractivity contribution in [1.29, 1.82) is 0 Å². The lowest BCUT2D eigenvalue weighted by Crippen LogP contribution is -2.66. The van der Waals surface area contributed by atoms with E-state index in [4.69, 9.17) is 18.9 Å². The normalized spacial score (nSPS) is 50.0. The summed E-state index contributed by atoms with van der Waals surface area (Å²) in [5, 5.41) is 22.4. The maximum Gasteiger partial charge on any atom is 0.342 e. The van der Waals surface area contributed by atoms with E-state index in [9.17, 15) is 24.6 Å². The maximum atomic E-state index is 12.8. The third-order valence-corrected chi connectivity index (χ3v) is 7.92. The van der Waals surface area contributed by atoms with Crippen LogP contribution in [0.1, 0.15) is 54.4 Å². The standard InChI is InChI=1S/C24H32O9/c1-12-7-8-16(30-13(2)25)21(4)10-9-15(27)22(5,29)18(21)19(31-14(3)26)24-17(11-12)32-20(28)23(24,6)33-24/h9-11,15-19,27,29H,7-8H2,1-6H3/b12-11-/t15-,16+,17+,18-,19+,21-,22+,23+,24+/m1/s1. The Morgan fingerprint density at radius 3 is 2.36 bits per heavy atom. The predicted octanol–water partition coefficient (Wildman–Crippen LogP) is 1.35. The lowest BCUT2D eigenvalue weighted by molar-refractivity contribution is -0.213. The molecule has 9 nitrogen and oxygen atoms in total. The van der Waals surface area contributed by atoms with Crippen LogP contribution in [0.15, 0.2) is 23.8 Å². The fourth-order valence-electron chi connectivity index (χ4n) is 6.14. The molecular weight excluding hydrogens is 432 g/mol. The van der Waals surface area contributed by atoms with Crippen molar-refractivity contribution in [3.63, 3.8) is 0 Å². The second kappa shape index (κ2) is 7.38. The molecule has 0 unspecified atom stereocenters. The van der Waals surface area contributed by atoms with Gasteiger partial charge in [-0.25, -0.2) is 4.79 Å². The average molecular weight is 465 g/mol. The summed E-state index contributed by atoms with van der Waals surface area (Å²) in [6.07, 6.45) is 1.80. The van der Waals surface area contributed by atoms with Gasteiger partial charge in [0.2, 0.25) is 0 Å². The zero-order chi connectivity index (χ0) is 24.6. The molecule has 4 rings (SSSR count). The molecule has 2 heterocycles. The smallest absolute Gasteiger partial charge is 0.342 e. The summed E-state index contributed by atoms with van der Waals surface area (Å²) < 4.78 is 23.3. The van der Waals surface area contributed by atoms with Crippen molar-refractivity contribution in [1.82, 2.24) is 0 Å². The minimum Gasteiger partial charge on any atom is -0.462 e. The van der Waals surface area contributed by atoms with E-state index in [0.717, 1.165) is 5.57 Å². The number of hydrogen-bond donors (Lipinski definition) is 2. The van der Waals surface area contributed by atoms with Crippen molar-refractivity contribution in [3.05, 3.63) is 23.8 Å². The van der Waals surface area contributed by atoms with Gasteiger partial charge in [-0.1, -0.05) is 24.6 Å². The van der Waals surface area contributed by atoms with Crippen LogP contribution in [0.3, 0.4) is 0 Å². The van der Waals surface area contributed by atoms with Gasteiger partial charge in [0.05, 0.1) is 5.60 Å². The van der Waals surface area contributed by atoms with Crippen LogP contribution in [0.4, 0.5) is 0 Å². The Balaban J connectivity index is 1.99. The van der Waals surface area contributed by atoms with Crippen LogP contribution in [-0.2, 0) is 33.3 Å². The molecule has 33 heavy (non-hydrogen) atoms. The zero-order valence-corrected chi connectivity index (χ0v) is 19.8. The summed E-state index contributed by atoms with van der Waals surface area (Å²) >= 11 is 0. The fraction of sp³-hybridized carbons (Fsp3) is 0.708. The molecule has 1 spiro atoms. The first-order valence-corrected chi connectivity index (χ1v) is 11.2. The van der Waals surface area contributed by atoms with Crippen molar-refractivity contribution in [3.8, 4) is 0 Å². The molecule has 0 amide bonds. The van der Waals surface area contributed by atoms with Crippen LogP contribution in [0.5, 0.6) is 0 Å². The van der Waals surface area contributed by atoms with Gasteiger partial charge in [-0.3, -0.25) is 9.59 Å². The van der Waals surface area contributed by atoms with Crippen molar-refractivity contribution in [2.45, 2.75) is 95.6 Å². The quantitative estimate of drug-likeness (QED) is 0.269. The number of ether oxygens (including phenoxy) is 4. The van der Waals surface area contributed by atoms with E-state index < -0.39 is 70.5 Å². The topological polar surface area (TPSA) is 132 Å². The zero-order valence-electron chi connectivity index (χ0n) is 19.8. The molecular formula is C24H32O9. The van der Waals surface area contributed by atoms with Gasteiger partial charge in [-0.05, 0) is 39.7 Å². The number of rotatable bonds is 2. The first-order chi connectivity index (χ1) is 15.2. The number of fused-ring (bicyclic) bond motifs is 1. The molecule has 4 aliphatic rings. The Hall–Kier alpha value is -2.23. The Morgan fingerprint density at radius 2 is 1.79 bits per heavy atom. The summed E-state index contributed by atoms with van der Waals surface area (Å²) in [5.41, 5.74) is -4.81. The first kappa shape index (κ1) is 23.9. The van der Waals surface area contributed by atoms with Crippen LogP contribution in [0, 0.1) is 11.3 Å². The Labute approximate surface area is 192 Å². The molecule has 0 bridgehead atoms. The third-order valence-electron chi connectivity index (χ3n) is 7.92. The predicted molar refractivity (Wildman–Crippen MR) is 114 cm³/mol. The minimum absolute atomic E-state index is 0.407. The Bertz CT molecular complexity index is 952. The van der Waals surface area contributed by atoms with Crippen LogP contribution < -0.4 is 0 Å². The summed E-state index contributed by atoms with van der Waals surface area (Å²) in [7, 11) is 0. The van der Waals surface area contributed by atoms with E-state index in [1.165, 1.54) is 26.8 Å². The summed E-state index contributed by atoms with van der Waals surface area (Å²) in [6.45, 7) is 9.23. The van der Waals surface area contributed by atoms with Gasteiger partial charge in [0.25, 0.3) is 0 Å². The Kier molecular flexibility index (Phi) is 5.35. The summed E-state index contributed by atoms with van der Waals surface area (Å²) in [4.78, 5) is 37.2. The number of aliphatic hydroxyl groups excluding tert-OH is 1. The third kappa shape index (κ3) is 3.27. The first-order valence-electron chi connectivity index (χ1n) is 11.2. The monoisotopic (exact) mass is 464 g/mol. The van der Waals surface area contributed by atoms with Gasteiger partial charge in [0, 0.05) is 25.2 Å². The lowest BCUT2D eigenvalue weighted by atomic mass is 9.55. The second-order valence-corrected chi connectivity index (χ2v) is 10.3. The highest BCUT2D eigenvalue weighted by Gasteiger charge is 2.87. The van der Waals surface area contributed by atoms with Gasteiger partial charge >= 0.3 is 17.9 Å². The summed E-state index contributed by atoms with van der Waals surface area (Å²) in [5.74, 6) is -2.74. The van der Waals surface area contributed by atoms with Gasteiger partial charge in [-0.2, -0.15) is 0 Å². The van der Waals surface area contributed by atoms with Crippen molar-refractivity contribution in [2.24, 2.45) is 11.3 Å². The number of aliphatic hydroxyl groups is 2. The SMILES string of the molecule is CC(=O)O[C@H]1CC/C(C)=C\[C@@H]2OC(=O)[C@]3(C)O[C@]23[C@@H](OC(C)=O)[C@H]2[C@@](C)(O)[C@H](O)C=C[C@]12C. The highest BCUT2D eigenvalue weighted by Crippen LogP contribution is 2.65. The fourth-order valence-corrected chi connectivity index (χ4v) is 6.14. The van der Waals surface area contributed by atoms with Crippen LogP contribution >= 0.6 is 0 Å². The number of hydrogen-bond acceptors (Lipinski definition) is 9. The summed E-state index contributed by atoms with van der Waals surface area (Å²) in [6, 6.07) is 0. The van der Waals surface area contributed by atoms with Gasteiger partial charge in [-0.15, -0.1) is 0 Å². The van der Waals surface area contributed by atoms with E-state index in [1.54, 1.807) is 26.0 Å². The molecule has 0 aromatic carbocycles. The van der Waals surface area contributed by atoms with Gasteiger partial charge < -0.3 is 29.2 Å². The Morgan fingerprint density at radius 1 is 1.15 bits per heavy atom.